The van der Waals surface area contributed by atoms with E-state index in [1.165, 1.54) is 0 Å². The molecule has 0 amide bonds. The second-order valence-corrected chi connectivity index (χ2v) is 4.76. The smallest absolute Gasteiger partial charge is 0.180 e. The molecule has 0 spiro atoms. The van der Waals surface area contributed by atoms with Crippen molar-refractivity contribution in [1.82, 2.24) is 14.4 Å². The molecule has 1 fully saturated rings. The number of nitrogen functional groups attached to an aromatic ring is 1. The maximum atomic E-state index is 5.80. The lowest BCUT2D eigenvalue weighted by Gasteiger charge is -2.30. The van der Waals surface area contributed by atoms with Crippen molar-refractivity contribution in [2.24, 2.45) is 5.92 Å². The number of hydrogen-bond acceptors (Lipinski definition) is 5. The number of nitrogens with two attached hydrogens (primary N) is 1. The van der Waals surface area contributed by atoms with Crippen LogP contribution < -0.4 is 11.1 Å². The second-order valence-electron chi connectivity index (χ2n) is 4.76. The lowest BCUT2D eigenvalue weighted by atomic mass is 9.98. The Balaban J connectivity index is 1.91. The predicted molar refractivity (Wildman–Crippen MR) is 69.4 cm³/mol. The van der Waals surface area contributed by atoms with Crippen LogP contribution >= 0.6 is 0 Å². The molecule has 2 aromatic rings. The number of fused-ring (bicyclic) bond motifs is 1. The van der Waals surface area contributed by atoms with Gasteiger partial charge in [0.15, 0.2) is 11.5 Å². The maximum absolute atomic E-state index is 5.80. The Morgan fingerprint density at radius 3 is 3.28 bits per heavy atom. The van der Waals surface area contributed by atoms with Gasteiger partial charge in [0.2, 0.25) is 0 Å². The van der Waals surface area contributed by atoms with Gasteiger partial charge in [-0.25, -0.2) is 9.97 Å². The Bertz CT molecular complexity index is 552. The molecule has 2 aromatic heterocycles. The van der Waals surface area contributed by atoms with E-state index in [2.05, 4.69) is 22.2 Å². The summed E-state index contributed by atoms with van der Waals surface area (Å²) in [5.74, 6) is 1.69. The van der Waals surface area contributed by atoms with Gasteiger partial charge in [-0.3, -0.25) is 0 Å². The zero-order chi connectivity index (χ0) is 12.5. The van der Waals surface area contributed by atoms with Gasteiger partial charge < -0.3 is 20.2 Å². The standard InChI is InChI=1S/C12H17N5O/c1-8-7-18-5-2-9(8)15-11-12-14-3-4-17(12)6-10(13)16-11/h3-4,6,8-9H,2,5,7,13H2,1H3,(H,15,16). The Kier molecular flexibility index (Phi) is 2.79. The summed E-state index contributed by atoms with van der Waals surface area (Å²) in [7, 11) is 0. The van der Waals surface area contributed by atoms with Crippen LogP contribution in [0.4, 0.5) is 11.6 Å². The third-order valence-corrected chi connectivity index (χ3v) is 3.36. The van der Waals surface area contributed by atoms with Gasteiger partial charge in [-0.1, -0.05) is 6.92 Å². The van der Waals surface area contributed by atoms with E-state index in [0.29, 0.717) is 17.8 Å². The van der Waals surface area contributed by atoms with Gasteiger partial charge in [-0.05, 0) is 12.3 Å². The van der Waals surface area contributed by atoms with E-state index in [1.54, 1.807) is 12.4 Å². The quantitative estimate of drug-likeness (QED) is 0.832. The summed E-state index contributed by atoms with van der Waals surface area (Å²) < 4.78 is 7.32. The molecule has 3 heterocycles. The molecule has 6 nitrogen and oxygen atoms in total. The summed E-state index contributed by atoms with van der Waals surface area (Å²) in [4.78, 5) is 8.65. The van der Waals surface area contributed by atoms with E-state index in [1.807, 2.05) is 10.6 Å². The Hall–Kier alpha value is -1.82. The number of nitrogens with zero attached hydrogens (tertiary/aromatic N) is 3. The fourth-order valence-electron chi connectivity index (χ4n) is 2.32. The van der Waals surface area contributed by atoms with Crippen LogP contribution in [0.3, 0.4) is 0 Å². The average molecular weight is 247 g/mol. The first-order valence-electron chi connectivity index (χ1n) is 6.17. The van der Waals surface area contributed by atoms with Crippen molar-refractivity contribution in [2.45, 2.75) is 19.4 Å². The van der Waals surface area contributed by atoms with Gasteiger partial charge in [-0.15, -0.1) is 0 Å². The molecule has 18 heavy (non-hydrogen) atoms. The van der Waals surface area contributed by atoms with Crippen LogP contribution in [0.5, 0.6) is 0 Å². The van der Waals surface area contributed by atoms with Gasteiger partial charge in [0.25, 0.3) is 0 Å². The van der Waals surface area contributed by atoms with Crippen LogP contribution in [-0.4, -0.2) is 33.6 Å². The van der Waals surface area contributed by atoms with Crippen LogP contribution in [0.15, 0.2) is 18.6 Å². The molecule has 0 aliphatic carbocycles. The predicted octanol–water partition coefficient (Wildman–Crippen LogP) is 1.15. The summed E-state index contributed by atoms with van der Waals surface area (Å²) >= 11 is 0. The highest BCUT2D eigenvalue weighted by Gasteiger charge is 2.23. The van der Waals surface area contributed by atoms with E-state index in [9.17, 15) is 0 Å². The summed E-state index contributed by atoms with van der Waals surface area (Å²) in [6.07, 6.45) is 6.35. The number of imidazole rings is 1. The highest BCUT2D eigenvalue weighted by Crippen LogP contribution is 2.21. The lowest BCUT2D eigenvalue weighted by Crippen LogP contribution is -2.36. The third kappa shape index (κ3) is 1.99. The summed E-state index contributed by atoms with van der Waals surface area (Å²) in [5, 5.41) is 3.45. The zero-order valence-electron chi connectivity index (χ0n) is 10.3. The zero-order valence-corrected chi connectivity index (χ0v) is 10.3. The van der Waals surface area contributed by atoms with Crippen LogP contribution in [0, 0.1) is 5.92 Å². The van der Waals surface area contributed by atoms with Gasteiger partial charge in [0, 0.05) is 25.0 Å². The highest BCUT2D eigenvalue weighted by molar-refractivity contribution is 5.65. The Morgan fingerprint density at radius 1 is 1.56 bits per heavy atom. The summed E-state index contributed by atoms with van der Waals surface area (Å²) in [6, 6.07) is 0.355. The number of nitrogens with one attached hydrogen (secondary N) is 1. The van der Waals surface area contributed by atoms with Gasteiger partial charge in [0.1, 0.15) is 5.82 Å². The molecule has 0 saturated carbocycles. The second kappa shape index (κ2) is 4.45. The van der Waals surface area contributed by atoms with Crippen molar-refractivity contribution in [3.05, 3.63) is 18.6 Å². The van der Waals surface area contributed by atoms with E-state index in [0.717, 1.165) is 31.1 Å². The summed E-state index contributed by atoms with van der Waals surface area (Å²) in [6.45, 7) is 3.74. The highest BCUT2D eigenvalue weighted by atomic mass is 16.5. The lowest BCUT2D eigenvalue weighted by molar-refractivity contribution is 0.0537. The molecular formula is C12H17N5O. The number of anilines is 2. The first kappa shape index (κ1) is 11.3. The van der Waals surface area contributed by atoms with Crippen molar-refractivity contribution < 1.29 is 4.74 Å². The van der Waals surface area contributed by atoms with E-state index >= 15 is 0 Å². The summed E-state index contributed by atoms with van der Waals surface area (Å²) in [5.41, 5.74) is 6.61. The van der Waals surface area contributed by atoms with Crippen LogP contribution in [0.2, 0.25) is 0 Å². The van der Waals surface area contributed by atoms with Crippen LogP contribution in [0.25, 0.3) is 5.65 Å². The molecule has 1 aliphatic heterocycles. The molecule has 0 bridgehead atoms. The molecule has 2 atom stereocenters. The molecule has 3 N–H and O–H groups in total. The van der Waals surface area contributed by atoms with Crippen molar-refractivity contribution in [2.75, 3.05) is 24.3 Å². The molecule has 96 valence electrons. The van der Waals surface area contributed by atoms with E-state index in [4.69, 9.17) is 10.5 Å². The van der Waals surface area contributed by atoms with Gasteiger partial charge in [0.05, 0.1) is 12.8 Å². The topological polar surface area (TPSA) is 77.5 Å². The fourth-order valence-corrected chi connectivity index (χ4v) is 2.32. The first-order chi connectivity index (χ1) is 8.74. The SMILES string of the molecule is CC1COCCC1Nc1nc(N)cn2ccnc12. The minimum atomic E-state index is 0.355. The number of aromatic nitrogens is 3. The minimum Gasteiger partial charge on any atom is -0.382 e. The number of ether oxygens (including phenoxy) is 1. The van der Waals surface area contributed by atoms with Crippen LogP contribution in [-0.2, 0) is 4.74 Å². The van der Waals surface area contributed by atoms with Gasteiger partial charge >= 0.3 is 0 Å². The van der Waals surface area contributed by atoms with Crippen LogP contribution in [0.1, 0.15) is 13.3 Å². The van der Waals surface area contributed by atoms with Crippen molar-refractivity contribution in [3.63, 3.8) is 0 Å². The normalized spacial score (nSPS) is 24.3. The molecule has 0 aromatic carbocycles. The molecule has 3 rings (SSSR count). The monoisotopic (exact) mass is 247 g/mol. The molecule has 1 aliphatic rings. The molecule has 0 radical (unpaired) electrons. The van der Waals surface area contributed by atoms with Crippen molar-refractivity contribution >= 4 is 17.3 Å². The largest absolute Gasteiger partial charge is 0.382 e. The number of rotatable bonds is 2. The van der Waals surface area contributed by atoms with Crippen molar-refractivity contribution in [1.29, 1.82) is 0 Å². The minimum absolute atomic E-state index is 0.355. The fraction of sp³-hybridized carbons (Fsp3) is 0.500. The molecule has 6 heteroatoms. The van der Waals surface area contributed by atoms with Gasteiger partial charge in [-0.2, -0.15) is 0 Å². The Morgan fingerprint density at radius 2 is 2.44 bits per heavy atom. The number of hydrogen-bond donors (Lipinski definition) is 2. The maximum Gasteiger partial charge on any atom is 0.180 e. The molecular weight excluding hydrogens is 230 g/mol. The Labute approximate surface area is 105 Å². The van der Waals surface area contributed by atoms with E-state index < -0.39 is 0 Å². The molecule has 1 saturated heterocycles. The first-order valence-corrected chi connectivity index (χ1v) is 6.17. The third-order valence-electron chi connectivity index (χ3n) is 3.36. The van der Waals surface area contributed by atoms with Crippen molar-refractivity contribution in [3.8, 4) is 0 Å². The van der Waals surface area contributed by atoms with E-state index in [-0.39, 0.29) is 0 Å². The average Bonchev–Trinajstić information content (AvgIpc) is 2.80. The molecule has 2 unspecified atom stereocenters.